The molecule has 0 aromatic carbocycles. The average molecular weight is 290 g/mol. The number of nitrogens with zero attached hydrogens (tertiary/aromatic N) is 2. The SMILES string of the molecule is CC1CN(C)CCN1S(=O)(=O)c1cc(CO)cs1. The molecule has 0 radical (unpaired) electrons. The van der Waals surface area contributed by atoms with Gasteiger partial charge in [0, 0.05) is 25.7 Å². The molecule has 0 aliphatic carbocycles. The highest BCUT2D eigenvalue weighted by atomic mass is 32.2. The van der Waals surface area contributed by atoms with Gasteiger partial charge in [0.15, 0.2) is 0 Å². The minimum Gasteiger partial charge on any atom is -0.392 e. The van der Waals surface area contributed by atoms with Crippen LogP contribution in [0.2, 0.25) is 0 Å². The smallest absolute Gasteiger partial charge is 0.252 e. The van der Waals surface area contributed by atoms with E-state index in [1.807, 2.05) is 14.0 Å². The van der Waals surface area contributed by atoms with E-state index in [1.54, 1.807) is 15.8 Å². The number of rotatable bonds is 3. The average Bonchev–Trinajstić information content (AvgIpc) is 2.77. The van der Waals surface area contributed by atoms with Gasteiger partial charge < -0.3 is 10.0 Å². The van der Waals surface area contributed by atoms with Crippen LogP contribution in [0.25, 0.3) is 0 Å². The summed E-state index contributed by atoms with van der Waals surface area (Å²) in [5, 5.41) is 10.7. The number of likely N-dealkylation sites (N-methyl/N-ethyl adjacent to an activating group) is 1. The molecule has 2 heterocycles. The Hall–Kier alpha value is -0.470. The van der Waals surface area contributed by atoms with E-state index in [9.17, 15) is 8.42 Å². The molecular formula is C11H18N2O3S2. The highest BCUT2D eigenvalue weighted by Crippen LogP contribution is 2.26. The summed E-state index contributed by atoms with van der Waals surface area (Å²) in [5.41, 5.74) is 0.653. The number of hydrogen-bond acceptors (Lipinski definition) is 5. The van der Waals surface area contributed by atoms with Crippen LogP contribution >= 0.6 is 11.3 Å². The molecule has 1 aromatic heterocycles. The Morgan fingerprint density at radius 3 is 2.78 bits per heavy atom. The van der Waals surface area contributed by atoms with E-state index in [0.717, 1.165) is 13.1 Å². The standard InChI is InChI=1S/C11H18N2O3S2/c1-9-6-12(2)3-4-13(9)18(15,16)11-5-10(7-14)8-17-11/h5,8-9,14H,3-4,6-7H2,1-2H3. The molecule has 2 rings (SSSR count). The summed E-state index contributed by atoms with van der Waals surface area (Å²) in [4.78, 5) is 2.13. The van der Waals surface area contributed by atoms with E-state index in [0.29, 0.717) is 16.3 Å². The first-order chi connectivity index (χ1) is 8.45. The van der Waals surface area contributed by atoms with Crippen molar-refractivity contribution in [3.8, 4) is 0 Å². The summed E-state index contributed by atoms with van der Waals surface area (Å²) in [6, 6.07) is 1.54. The van der Waals surface area contributed by atoms with Gasteiger partial charge in [0.2, 0.25) is 0 Å². The third kappa shape index (κ3) is 2.60. The highest BCUT2D eigenvalue weighted by molar-refractivity contribution is 7.91. The molecule has 1 N–H and O–H groups in total. The van der Waals surface area contributed by atoms with Crippen LogP contribution in [-0.2, 0) is 16.6 Å². The van der Waals surface area contributed by atoms with Crippen molar-refractivity contribution >= 4 is 21.4 Å². The second kappa shape index (κ2) is 5.26. The van der Waals surface area contributed by atoms with Crippen LogP contribution < -0.4 is 0 Å². The molecule has 1 atom stereocenters. The molecule has 0 spiro atoms. The van der Waals surface area contributed by atoms with E-state index in [-0.39, 0.29) is 12.6 Å². The van der Waals surface area contributed by atoms with Crippen molar-refractivity contribution in [1.29, 1.82) is 0 Å². The third-order valence-corrected chi connectivity index (χ3v) is 6.62. The van der Waals surface area contributed by atoms with E-state index in [4.69, 9.17) is 5.11 Å². The first kappa shape index (κ1) is 14.0. The number of aliphatic hydroxyl groups is 1. The van der Waals surface area contributed by atoms with Crippen LogP contribution in [0.4, 0.5) is 0 Å². The van der Waals surface area contributed by atoms with Crippen LogP contribution in [0.5, 0.6) is 0 Å². The number of piperazine rings is 1. The topological polar surface area (TPSA) is 60.9 Å². The van der Waals surface area contributed by atoms with E-state index in [2.05, 4.69) is 4.90 Å². The molecule has 7 heteroatoms. The van der Waals surface area contributed by atoms with Gasteiger partial charge in [-0.2, -0.15) is 4.31 Å². The molecule has 0 amide bonds. The van der Waals surface area contributed by atoms with Gasteiger partial charge in [0.1, 0.15) is 4.21 Å². The lowest BCUT2D eigenvalue weighted by Gasteiger charge is -2.36. The third-order valence-electron chi connectivity index (χ3n) is 3.14. The van der Waals surface area contributed by atoms with Gasteiger partial charge in [-0.3, -0.25) is 0 Å². The maximum atomic E-state index is 12.5. The maximum absolute atomic E-state index is 12.5. The molecule has 1 aliphatic heterocycles. The molecule has 0 saturated carbocycles. The van der Waals surface area contributed by atoms with Crippen molar-refractivity contribution in [3.63, 3.8) is 0 Å². The van der Waals surface area contributed by atoms with Gasteiger partial charge in [-0.1, -0.05) is 0 Å². The molecule has 5 nitrogen and oxygen atoms in total. The quantitative estimate of drug-likeness (QED) is 0.884. The normalized spacial score (nSPS) is 23.4. The Balaban J connectivity index is 2.25. The van der Waals surface area contributed by atoms with E-state index >= 15 is 0 Å². The Morgan fingerprint density at radius 2 is 2.22 bits per heavy atom. The predicted octanol–water partition coefficient (Wildman–Crippen LogP) is 0.565. The van der Waals surface area contributed by atoms with Crippen molar-refractivity contribution in [3.05, 3.63) is 17.0 Å². The fraction of sp³-hybridized carbons (Fsp3) is 0.636. The second-order valence-electron chi connectivity index (χ2n) is 4.66. The Labute approximate surface area is 112 Å². The van der Waals surface area contributed by atoms with Gasteiger partial charge in [0.05, 0.1) is 6.61 Å². The van der Waals surface area contributed by atoms with Crippen LogP contribution in [-0.4, -0.2) is 55.5 Å². The van der Waals surface area contributed by atoms with E-state index < -0.39 is 10.0 Å². The summed E-state index contributed by atoms with van der Waals surface area (Å²) < 4.78 is 26.8. The first-order valence-electron chi connectivity index (χ1n) is 5.84. The Morgan fingerprint density at radius 1 is 1.50 bits per heavy atom. The molecule has 0 bridgehead atoms. The maximum Gasteiger partial charge on any atom is 0.252 e. The number of thiophene rings is 1. The molecule has 1 aliphatic rings. The number of sulfonamides is 1. The van der Waals surface area contributed by atoms with Crippen LogP contribution in [0.3, 0.4) is 0 Å². The van der Waals surface area contributed by atoms with Crippen molar-refractivity contribution in [2.24, 2.45) is 0 Å². The molecule has 1 aromatic rings. The van der Waals surface area contributed by atoms with Crippen molar-refractivity contribution in [1.82, 2.24) is 9.21 Å². The first-order valence-corrected chi connectivity index (χ1v) is 8.16. The van der Waals surface area contributed by atoms with Gasteiger partial charge in [0.25, 0.3) is 10.0 Å². The summed E-state index contributed by atoms with van der Waals surface area (Å²) >= 11 is 1.17. The number of hydrogen-bond donors (Lipinski definition) is 1. The fourth-order valence-corrected chi connectivity index (χ4v) is 5.11. The van der Waals surface area contributed by atoms with Crippen molar-refractivity contribution in [2.75, 3.05) is 26.7 Å². The fourth-order valence-electron chi connectivity index (χ4n) is 2.17. The molecule has 1 fully saturated rings. The molecule has 102 valence electrons. The summed E-state index contributed by atoms with van der Waals surface area (Å²) in [6.45, 7) is 3.82. The highest BCUT2D eigenvalue weighted by Gasteiger charge is 2.33. The lowest BCUT2D eigenvalue weighted by atomic mass is 10.2. The van der Waals surface area contributed by atoms with E-state index in [1.165, 1.54) is 11.3 Å². The van der Waals surface area contributed by atoms with Gasteiger partial charge in [-0.25, -0.2) is 8.42 Å². The molecule has 1 saturated heterocycles. The monoisotopic (exact) mass is 290 g/mol. The minimum absolute atomic E-state index is 0.0200. The van der Waals surface area contributed by atoms with Crippen LogP contribution in [0, 0.1) is 0 Å². The van der Waals surface area contributed by atoms with Gasteiger partial charge in [-0.05, 0) is 31.0 Å². The van der Waals surface area contributed by atoms with Crippen molar-refractivity contribution in [2.45, 2.75) is 23.8 Å². The zero-order valence-corrected chi connectivity index (χ0v) is 12.2. The van der Waals surface area contributed by atoms with Crippen LogP contribution in [0.15, 0.2) is 15.7 Å². The molecule has 18 heavy (non-hydrogen) atoms. The number of aliphatic hydroxyl groups excluding tert-OH is 1. The molecule has 1 unspecified atom stereocenters. The van der Waals surface area contributed by atoms with Gasteiger partial charge in [-0.15, -0.1) is 11.3 Å². The van der Waals surface area contributed by atoms with Crippen molar-refractivity contribution < 1.29 is 13.5 Å². The summed E-state index contributed by atoms with van der Waals surface area (Å²) in [5.74, 6) is 0. The summed E-state index contributed by atoms with van der Waals surface area (Å²) in [7, 11) is -1.41. The lowest BCUT2D eigenvalue weighted by molar-refractivity contribution is 0.170. The Bertz CT molecular complexity index is 512. The minimum atomic E-state index is -3.41. The Kier molecular flexibility index (Phi) is 4.08. The predicted molar refractivity (Wildman–Crippen MR) is 71.1 cm³/mol. The van der Waals surface area contributed by atoms with Crippen LogP contribution in [0.1, 0.15) is 12.5 Å². The second-order valence-corrected chi connectivity index (χ2v) is 7.69. The zero-order chi connectivity index (χ0) is 13.3. The largest absolute Gasteiger partial charge is 0.392 e. The molecular weight excluding hydrogens is 272 g/mol. The zero-order valence-electron chi connectivity index (χ0n) is 10.5. The lowest BCUT2D eigenvalue weighted by Crippen LogP contribution is -2.52. The van der Waals surface area contributed by atoms with Gasteiger partial charge >= 0.3 is 0 Å². The summed E-state index contributed by atoms with van der Waals surface area (Å²) in [6.07, 6.45) is 0.